The van der Waals surface area contributed by atoms with Crippen molar-refractivity contribution >= 4 is 23.7 Å². The SMILES string of the molecule is CCOC(=O)C1=C(C)Nc2nc(SCC(C)C)nn2C1c1ccc(C)cc1. The molecule has 0 aliphatic carbocycles. The fourth-order valence-corrected chi connectivity index (χ4v) is 3.74. The van der Waals surface area contributed by atoms with Crippen LogP contribution in [0.2, 0.25) is 0 Å². The van der Waals surface area contributed by atoms with Crippen LogP contribution in [0.15, 0.2) is 40.7 Å². The number of hydrogen-bond acceptors (Lipinski definition) is 6. The average Bonchev–Trinajstić information content (AvgIpc) is 3.02. The molecule has 144 valence electrons. The number of aryl methyl sites for hydroxylation is 1. The van der Waals surface area contributed by atoms with Gasteiger partial charge >= 0.3 is 5.97 Å². The molecule has 7 heteroatoms. The van der Waals surface area contributed by atoms with Crippen LogP contribution in [0.3, 0.4) is 0 Å². The van der Waals surface area contributed by atoms with E-state index in [2.05, 4.69) is 24.1 Å². The number of fused-ring (bicyclic) bond motifs is 1. The third-order valence-electron chi connectivity index (χ3n) is 4.27. The smallest absolute Gasteiger partial charge is 0.338 e. The van der Waals surface area contributed by atoms with Crippen molar-refractivity contribution in [3.63, 3.8) is 0 Å². The Morgan fingerprint density at radius 2 is 2.00 bits per heavy atom. The van der Waals surface area contributed by atoms with Crippen LogP contribution in [-0.4, -0.2) is 33.1 Å². The van der Waals surface area contributed by atoms with Crippen LogP contribution in [0, 0.1) is 12.8 Å². The molecule has 0 fully saturated rings. The first-order valence-corrected chi connectivity index (χ1v) is 10.2. The van der Waals surface area contributed by atoms with E-state index < -0.39 is 0 Å². The first-order valence-electron chi connectivity index (χ1n) is 9.21. The molecule has 1 N–H and O–H groups in total. The number of nitrogens with one attached hydrogen (secondary N) is 1. The lowest BCUT2D eigenvalue weighted by Gasteiger charge is -2.28. The van der Waals surface area contributed by atoms with Gasteiger partial charge in [0.05, 0.1) is 12.2 Å². The summed E-state index contributed by atoms with van der Waals surface area (Å²) in [5.41, 5.74) is 3.46. The maximum absolute atomic E-state index is 12.7. The summed E-state index contributed by atoms with van der Waals surface area (Å²) in [5.74, 6) is 1.81. The third-order valence-corrected chi connectivity index (χ3v) is 5.53. The first kappa shape index (κ1) is 19.5. The number of anilines is 1. The summed E-state index contributed by atoms with van der Waals surface area (Å²) in [7, 11) is 0. The Morgan fingerprint density at radius 1 is 1.30 bits per heavy atom. The number of carbonyl (C=O) groups excluding carboxylic acids is 1. The van der Waals surface area contributed by atoms with E-state index in [0.717, 1.165) is 22.6 Å². The molecule has 6 nitrogen and oxygen atoms in total. The van der Waals surface area contributed by atoms with E-state index in [0.29, 0.717) is 29.2 Å². The van der Waals surface area contributed by atoms with E-state index in [9.17, 15) is 4.79 Å². The zero-order valence-electron chi connectivity index (χ0n) is 16.4. The number of thioether (sulfide) groups is 1. The van der Waals surface area contributed by atoms with Crippen molar-refractivity contribution in [2.24, 2.45) is 5.92 Å². The Balaban J connectivity index is 2.05. The van der Waals surface area contributed by atoms with E-state index in [1.54, 1.807) is 16.4 Å². The van der Waals surface area contributed by atoms with Crippen molar-refractivity contribution in [3.8, 4) is 0 Å². The summed E-state index contributed by atoms with van der Waals surface area (Å²) in [4.78, 5) is 17.3. The van der Waals surface area contributed by atoms with Crippen LogP contribution in [0.1, 0.15) is 44.9 Å². The monoisotopic (exact) mass is 386 g/mol. The predicted octanol–water partition coefficient (Wildman–Crippen LogP) is 4.19. The quantitative estimate of drug-likeness (QED) is 0.593. The second-order valence-electron chi connectivity index (χ2n) is 7.06. The van der Waals surface area contributed by atoms with Crippen LogP contribution < -0.4 is 5.32 Å². The molecule has 0 spiro atoms. The molecule has 1 unspecified atom stereocenters. The van der Waals surface area contributed by atoms with Gasteiger partial charge in [-0.2, -0.15) is 4.98 Å². The number of rotatable bonds is 6. The van der Waals surface area contributed by atoms with E-state index in [1.165, 1.54) is 0 Å². The fraction of sp³-hybridized carbons (Fsp3) is 0.450. The molecule has 2 aromatic rings. The fourth-order valence-electron chi connectivity index (χ4n) is 2.96. The summed E-state index contributed by atoms with van der Waals surface area (Å²) >= 11 is 1.63. The van der Waals surface area contributed by atoms with Gasteiger partial charge in [-0.25, -0.2) is 9.48 Å². The molecule has 0 bridgehead atoms. The van der Waals surface area contributed by atoms with Crippen LogP contribution in [0.4, 0.5) is 5.95 Å². The lowest BCUT2D eigenvalue weighted by Crippen LogP contribution is -2.29. The molecule has 27 heavy (non-hydrogen) atoms. The molecule has 0 saturated carbocycles. The zero-order chi connectivity index (χ0) is 19.6. The zero-order valence-corrected chi connectivity index (χ0v) is 17.3. The maximum Gasteiger partial charge on any atom is 0.338 e. The lowest BCUT2D eigenvalue weighted by atomic mass is 9.95. The van der Waals surface area contributed by atoms with Gasteiger partial charge in [0.1, 0.15) is 6.04 Å². The minimum Gasteiger partial charge on any atom is -0.463 e. The largest absolute Gasteiger partial charge is 0.463 e. The lowest BCUT2D eigenvalue weighted by molar-refractivity contribution is -0.139. The molecule has 0 saturated heterocycles. The van der Waals surface area contributed by atoms with Gasteiger partial charge in [-0.05, 0) is 32.3 Å². The van der Waals surface area contributed by atoms with Crippen LogP contribution >= 0.6 is 11.8 Å². The van der Waals surface area contributed by atoms with E-state index in [4.69, 9.17) is 9.84 Å². The van der Waals surface area contributed by atoms with Gasteiger partial charge < -0.3 is 10.1 Å². The normalized spacial score (nSPS) is 16.3. The Morgan fingerprint density at radius 3 is 2.63 bits per heavy atom. The van der Waals surface area contributed by atoms with Crippen molar-refractivity contribution in [2.45, 2.75) is 45.8 Å². The van der Waals surface area contributed by atoms with Gasteiger partial charge in [-0.15, -0.1) is 5.10 Å². The van der Waals surface area contributed by atoms with Gasteiger partial charge in [-0.3, -0.25) is 0 Å². The number of carbonyl (C=O) groups is 1. The first-order chi connectivity index (χ1) is 12.9. The highest BCUT2D eigenvalue weighted by molar-refractivity contribution is 7.99. The van der Waals surface area contributed by atoms with Crippen LogP contribution in [-0.2, 0) is 9.53 Å². The summed E-state index contributed by atoms with van der Waals surface area (Å²) in [6.07, 6.45) is 0. The number of nitrogens with zero attached hydrogens (tertiary/aromatic N) is 3. The minimum absolute atomic E-state index is 0.328. The van der Waals surface area contributed by atoms with Gasteiger partial charge in [-0.1, -0.05) is 55.4 Å². The van der Waals surface area contributed by atoms with Crippen molar-refractivity contribution in [1.29, 1.82) is 0 Å². The summed E-state index contributed by atoms with van der Waals surface area (Å²) in [6.45, 7) is 10.4. The molecule has 1 aromatic heterocycles. The van der Waals surface area contributed by atoms with E-state index in [-0.39, 0.29) is 12.0 Å². The van der Waals surface area contributed by atoms with Crippen molar-refractivity contribution in [3.05, 3.63) is 46.7 Å². The molecule has 1 aromatic carbocycles. The Bertz CT molecular complexity index is 855. The molecule has 1 aliphatic heterocycles. The molecule has 3 rings (SSSR count). The summed E-state index contributed by atoms with van der Waals surface area (Å²) in [6, 6.07) is 7.79. The van der Waals surface area contributed by atoms with Gasteiger partial charge in [0, 0.05) is 11.4 Å². The van der Waals surface area contributed by atoms with Gasteiger partial charge in [0.15, 0.2) is 0 Å². The number of aromatic nitrogens is 3. The molecular weight excluding hydrogens is 360 g/mol. The minimum atomic E-state index is -0.359. The number of allylic oxidation sites excluding steroid dienone is 1. The number of ether oxygens (including phenoxy) is 1. The second kappa shape index (κ2) is 8.17. The molecule has 0 amide bonds. The van der Waals surface area contributed by atoms with E-state index >= 15 is 0 Å². The van der Waals surface area contributed by atoms with E-state index in [1.807, 2.05) is 45.0 Å². The van der Waals surface area contributed by atoms with Crippen LogP contribution in [0.25, 0.3) is 0 Å². The highest BCUT2D eigenvalue weighted by Gasteiger charge is 2.35. The topological polar surface area (TPSA) is 69.0 Å². The summed E-state index contributed by atoms with van der Waals surface area (Å²) < 4.78 is 7.12. The number of hydrogen-bond donors (Lipinski definition) is 1. The molecule has 1 aliphatic rings. The van der Waals surface area contributed by atoms with Crippen molar-refractivity contribution in [1.82, 2.24) is 14.8 Å². The maximum atomic E-state index is 12.7. The predicted molar refractivity (Wildman–Crippen MR) is 108 cm³/mol. The Labute approximate surface area is 164 Å². The standard InChI is InChI=1S/C20H26N4O2S/c1-6-26-18(25)16-14(5)21-19-22-20(27-11-12(2)3)23-24(19)17(16)15-9-7-13(4)8-10-15/h7-10,12,17H,6,11H2,1-5H3,(H,21,22,23). The van der Waals surface area contributed by atoms with Crippen LogP contribution in [0.5, 0.6) is 0 Å². The number of esters is 1. The highest BCUT2D eigenvalue weighted by atomic mass is 32.2. The molecule has 2 heterocycles. The second-order valence-corrected chi connectivity index (χ2v) is 8.05. The average molecular weight is 387 g/mol. The summed E-state index contributed by atoms with van der Waals surface area (Å²) in [5, 5.41) is 8.63. The Hall–Kier alpha value is -2.28. The van der Waals surface area contributed by atoms with Crippen molar-refractivity contribution < 1.29 is 9.53 Å². The molecular formula is C20H26N4O2S. The van der Waals surface area contributed by atoms with Crippen molar-refractivity contribution in [2.75, 3.05) is 17.7 Å². The Kier molecular flexibility index (Phi) is 5.89. The molecule has 1 atom stereocenters. The highest BCUT2D eigenvalue weighted by Crippen LogP contribution is 2.36. The van der Waals surface area contributed by atoms with Gasteiger partial charge in [0.25, 0.3) is 0 Å². The van der Waals surface area contributed by atoms with Gasteiger partial charge in [0.2, 0.25) is 11.1 Å². The third kappa shape index (κ3) is 4.18. The molecule has 0 radical (unpaired) electrons. The number of benzene rings is 1.